The Balaban J connectivity index is 1.71. The summed E-state index contributed by atoms with van der Waals surface area (Å²) in [7, 11) is 0. The van der Waals surface area contributed by atoms with Crippen LogP contribution in [0.25, 0.3) is 11.3 Å². The van der Waals surface area contributed by atoms with E-state index < -0.39 is 35.4 Å². The highest BCUT2D eigenvalue weighted by Crippen LogP contribution is 2.46. The summed E-state index contributed by atoms with van der Waals surface area (Å²) in [5, 5.41) is 5.32. The van der Waals surface area contributed by atoms with E-state index in [9.17, 15) is 18.0 Å². The lowest BCUT2D eigenvalue weighted by Crippen LogP contribution is -2.44. The summed E-state index contributed by atoms with van der Waals surface area (Å²) in [5.41, 5.74) is -1.44. The molecule has 2 aliphatic rings. The number of rotatable bonds is 4. The van der Waals surface area contributed by atoms with Gasteiger partial charge in [-0.05, 0) is 18.2 Å². The van der Waals surface area contributed by atoms with Crippen molar-refractivity contribution in [1.29, 1.82) is 0 Å². The number of hydrogen-bond donors (Lipinski definition) is 2. The van der Waals surface area contributed by atoms with Crippen molar-refractivity contribution in [2.45, 2.75) is 18.2 Å². The van der Waals surface area contributed by atoms with Crippen LogP contribution in [0.4, 0.5) is 38.4 Å². The van der Waals surface area contributed by atoms with Gasteiger partial charge in [0.15, 0.2) is 0 Å². The Kier molecular flexibility index (Phi) is 5.99. The van der Waals surface area contributed by atoms with Gasteiger partial charge in [0.2, 0.25) is 6.10 Å². The van der Waals surface area contributed by atoms with Gasteiger partial charge in [-0.25, -0.2) is 14.8 Å². The largest absolute Gasteiger partial charge is 0.431 e. The van der Waals surface area contributed by atoms with E-state index in [1.54, 1.807) is 11.0 Å². The number of piperazine rings is 1. The Bertz CT molecular complexity index is 1280. The number of carbonyl (C=O) groups excluding carboxylic acids is 1. The van der Waals surface area contributed by atoms with Gasteiger partial charge in [-0.1, -0.05) is 30.3 Å². The number of amides is 1. The van der Waals surface area contributed by atoms with Crippen molar-refractivity contribution in [3.63, 3.8) is 0 Å². The molecular weight excluding hydrogens is 485 g/mol. The fourth-order valence-corrected chi connectivity index (χ4v) is 4.29. The first kappa shape index (κ1) is 23.9. The minimum atomic E-state index is -4.96. The van der Waals surface area contributed by atoms with E-state index in [4.69, 9.17) is 0 Å². The molecule has 1 amide bonds. The summed E-state index contributed by atoms with van der Waals surface area (Å²) in [5.74, 6) is -3.62. The predicted molar refractivity (Wildman–Crippen MR) is 121 cm³/mol. The maximum absolute atomic E-state index is 15.7. The Morgan fingerprint density at radius 1 is 0.972 bits per heavy atom. The molecule has 2 aromatic heterocycles. The molecule has 0 aliphatic carbocycles. The molecule has 2 N–H and O–H groups in total. The molecule has 0 radical (unpaired) electrons. The number of alkyl halides is 5. The first-order valence-corrected chi connectivity index (χ1v) is 11.1. The van der Waals surface area contributed by atoms with Gasteiger partial charge in [0, 0.05) is 49.1 Å². The fraction of sp³-hybridized carbons (Fsp3) is 0.292. The van der Waals surface area contributed by atoms with E-state index in [0.29, 0.717) is 26.2 Å². The second kappa shape index (κ2) is 9.01. The highest BCUT2D eigenvalue weighted by atomic mass is 19.4. The molecule has 36 heavy (non-hydrogen) atoms. The lowest BCUT2D eigenvalue weighted by Gasteiger charge is -2.31. The standard InChI is InChI=1S/C24H20F5N5O2/c25-23(26,14-4-2-1-3-5-14)15-12-17(32-18(13-15)34-10-8-30-9-11-34)16-6-7-31-21-19(16)20(24(27,28)29)36-22(35)33-21/h1-7,12-13,20,30H,8-11H2,(H,31,33,35)/t20-/m1/s1. The van der Waals surface area contributed by atoms with Gasteiger partial charge in [-0.2, -0.15) is 22.0 Å². The molecule has 12 heteroatoms. The minimum Gasteiger partial charge on any atom is -0.431 e. The van der Waals surface area contributed by atoms with E-state index >= 15 is 8.78 Å². The van der Waals surface area contributed by atoms with Crippen LogP contribution in [-0.4, -0.2) is 48.4 Å². The molecular formula is C24H20F5N5O2. The monoisotopic (exact) mass is 505 g/mol. The van der Waals surface area contributed by atoms with E-state index in [0.717, 1.165) is 6.07 Å². The van der Waals surface area contributed by atoms with E-state index in [-0.39, 0.29) is 28.5 Å². The Morgan fingerprint density at radius 3 is 2.39 bits per heavy atom. The number of halogens is 5. The van der Waals surface area contributed by atoms with Crippen molar-refractivity contribution in [3.8, 4) is 11.3 Å². The highest BCUT2D eigenvalue weighted by Gasteiger charge is 2.49. The van der Waals surface area contributed by atoms with Gasteiger partial charge < -0.3 is 15.0 Å². The smallest absolute Gasteiger partial charge is 0.430 e. The molecule has 1 saturated heterocycles. The number of pyridine rings is 2. The molecule has 4 heterocycles. The van der Waals surface area contributed by atoms with Crippen LogP contribution in [0.2, 0.25) is 0 Å². The quantitative estimate of drug-likeness (QED) is 0.494. The molecule has 1 atom stereocenters. The lowest BCUT2D eigenvalue weighted by atomic mass is 9.95. The molecule has 0 unspecified atom stereocenters. The number of cyclic esters (lactones) is 1. The average Bonchev–Trinajstić information content (AvgIpc) is 2.88. The van der Waals surface area contributed by atoms with E-state index in [1.165, 1.54) is 42.6 Å². The molecule has 7 nitrogen and oxygen atoms in total. The molecule has 5 rings (SSSR count). The predicted octanol–water partition coefficient (Wildman–Crippen LogP) is 4.86. The molecule has 1 aromatic carbocycles. The summed E-state index contributed by atoms with van der Waals surface area (Å²) >= 11 is 0. The normalized spacial score (nSPS) is 18.3. The molecule has 0 spiro atoms. The Morgan fingerprint density at radius 2 is 1.69 bits per heavy atom. The fourth-order valence-electron chi connectivity index (χ4n) is 4.29. The molecule has 0 saturated carbocycles. The first-order valence-electron chi connectivity index (χ1n) is 11.1. The van der Waals surface area contributed by atoms with Crippen LogP contribution in [0.5, 0.6) is 0 Å². The molecule has 188 valence electrons. The van der Waals surface area contributed by atoms with Crippen LogP contribution in [0.1, 0.15) is 22.8 Å². The molecule has 1 fully saturated rings. The van der Waals surface area contributed by atoms with Crippen molar-refractivity contribution < 1.29 is 31.5 Å². The summed E-state index contributed by atoms with van der Waals surface area (Å²) in [6.07, 6.45) is -7.72. The second-order valence-electron chi connectivity index (χ2n) is 8.35. The van der Waals surface area contributed by atoms with Crippen LogP contribution in [-0.2, 0) is 10.7 Å². The minimum absolute atomic E-state index is 0.121. The first-order chi connectivity index (χ1) is 17.1. The number of ether oxygens (including phenoxy) is 1. The van der Waals surface area contributed by atoms with Crippen molar-refractivity contribution in [1.82, 2.24) is 15.3 Å². The van der Waals surface area contributed by atoms with Gasteiger partial charge in [0.05, 0.1) is 11.3 Å². The lowest BCUT2D eigenvalue weighted by molar-refractivity contribution is -0.206. The topological polar surface area (TPSA) is 79.4 Å². The summed E-state index contributed by atoms with van der Waals surface area (Å²) in [6.45, 7) is 2.14. The maximum Gasteiger partial charge on any atom is 0.430 e. The zero-order valence-electron chi connectivity index (χ0n) is 18.6. The van der Waals surface area contributed by atoms with Crippen LogP contribution in [0, 0.1) is 0 Å². The Hall–Kier alpha value is -3.80. The van der Waals surface area contributed by atoms with Gasteiger partial charge in [-0.3, -0.25) is 5.32 Å². The number of anilines is 2. The van der Waals surface area contributed by atoms with Gasteiger partial charge >= 0.3 is 12.3 Å². The van der Waals surface area contributed by atoms with Gasteiger partial charge in [0.25, 0.3) is 5.92 Å². The van der Waals surface area contributed by atoms with E-state index in [2.05, 4.69) is 25.3 Å². The zero-order valence-corrected chi connectivity index (χ0v) is 18.6. The number of fused-ring (bicyclic) bond motifs is 1. The SMILES string of the molecule is O=C1Nc2nccc(-c3cc(C(F)(F)c4ccccc4)cc(N4CCNCC4)n3)c2[C@H](C(F)(F)F)O1. The second-order valence-corrected chi connectivity index (χ2v) is 8.35. The van der Waals surface area contributed by atoms with E-state index in [1.807, 2.05) is 0 Å². The van der Waals surface area contributed by atoms with Crippen molar-refractivity contribution in [2.75, 3.05) is 36.4 Å². The summed E-state index contributed by atoms with van der Waals surface area (Å²) in [6, 6.07) is 10.7. The van der Waals surface area contributed by atoms with Crippen molar-refractivity contribution >= 4 is 17.7 Å². The Labute approximate surface area is 202 Å². The maximum atomic E-state index is 15.7. The third kappa shape index (κ3) is 4.43. The van der Waals surface area contributed by atoms with Gasteiger partial charge in [0.1, 0.15) is 11.6 Å². The summed E-state index contributed by atoms with van der Waals surface area (Å²) in [4.78, 5) is 21.8. The third-order valence-corrected chi connectivity index (χ3v) is 6.02. The number of aromatic nitrogens is 2. The van der Waals surface area contributed by atoms with Crippen molar-refractivity contribution in [2.24, 2.45) is 0 Å². The summed E-state index contributed by atoms with van der Waals surface area (Å²) < 4.78 is 77.4. The highest BCUT2D eigenvalue weighted by molar-refractivity contribution is 5.89. The number of benzene rings is 1. The van der Waals surface area contributed by atoms with Crippen molar-refractivity contribution in [3.05, 3.63) is 71.4 Å². The van der Waals surface area contributed by atoms with Crippen LogP contribution in [0.3, 0.4) is 0 Å². The van der Waals surface area contributed by atoms with Gasteiger partial charge in [-0.15, -0.1) is 0 Å². The molecule has 0 bridgehead atoms. The average molecular weight is 505 g/mol. The number of nitrogens with one attached hydrogen (secondary N) is 2. The zero-order chi connectivity index (χ0) is 25.5. The van der Waals surface area contributed by atoms with Crippen LogP contribution < -0.4 is 15.5 Å². The van der Waals surface area contributed by atoms with Crippen LogP contribution >= 0.6 is 0 Å². The van der Waals surface area contributed by atoms with Crippen LogP contribution in [0.15, 0.2) is 54.7 Å². The number of nitrogens with zero attached hydrogens (tertiary/aromatic N) is 3. The third-order valence-electron chi connectivity index (χ3n) is 6.02. The number of hydrogen-bond acceptors (Lipinski definition) is 6. The number of carbonyl (C=O) groups is 1. The molecule has 3 aromatic rings. The molecule has 2 aliphatic heterocycles.